The second-order valence-electron chi connectivity index (χ2n) is 7.56. The van der Waals surface area contributed by atoms with Crippen molar-refractivity contribution in [3.05, 3.63) is 66.1 Å². The third kappa shape index (κ3) is 5.65. The molecule has 0 bridgehead atoms. The van der Waals surface area contributed by atoms with Crippen molar-refractivity contribution in [1.29, 1.82) is 0 Å². The molecule has 2 aromatic carbocycles. The van der Waals surface area contributed by atoms with Crippen molar-refractivity contribution in [1.82, 2.24) is 19.9 Å². The minimum atomic E-state index is 0.266. The number of hydrogen-bond acceptors (Lipinski definition) is 6. The lowest BCUT2D eigenvalue weighted by atomic mass is 10.1. The smallest absolute Gasteiger partial charge is 0.264 e. The number of hydrogen-bond donors (Lipinski definition) is 0. The van der Waals surface area contributed by atoms with Gasteiger partial charge in [-0.1, -0.05) is 41.6 Å². The first kappa shape index (κ1) is 19.6. The lowest BCUT2D eigenvalue weighted by Crippen LogP contribution is -2.44. The molecule has 0 amide bonds. The van der Waals surface area contributed by atoms with Gasteiger partial charge in [0.25, 0.3) is 5.89 Å². The fraction of sp³-hybridized carbons (Fsp3) is 0.391. The summed E-state index contributed by atoms with van der Waals surface area (Å²) in [6.45, 7) is 6.11. The molecule has 29 heavy (non-hydrogen) atoms. The van der Waals surface area contributed by atoms with Crippen molar-refractivity contribution in [3.63, 3.8) is 0 Å². The Morgan fingerprint density at radius 1 is 1.00 bits per heavy atom. The monoisotopic (exact) mass is 392 g/mol. The number of aryl methyl sites for hydroxylation is 1. The Balaban J connectivity index is 1.29. The molecule has 2 heterocycles. The van der Waals surface area contributed by atoms with E-state index in [9.17, 15) is 0 Å². The van der Waals surface area contributed by atoms with E-state index in [1.807, 2.05) is 36.4 Å². The molecule has 0 spiro atoms. The summed E-state index contributed by atoms with van der Waals surface area (Å²) in [6.07, 6.45) is 2.22. The molecule has 1 aromatic heterocycles. The second kappa shape index (κ2) is 9.67. The Morgan fingerprint density at radius 3 is 2.66 bits per heavy atom. The van der Waals surface area contributed by atoms with Crippen LogP contribution in [-0.4, -0.2) is 59.7 Å². The van der Waals surface area contributed by atoms with Gasteiger partial charge in [-0.05, 0) is 50.2 Å². The summed E-state index contributed by atoms with van der Waals surface area (Å²) in [5.74, 6) is 1.87. The van der Waals surface area contributed by atoms with Crippen LogP contribution in [0.4, 0.5) is 0 Å². The Kier molecular flexibility index (Phi) is 6.54. The van der Waals surface area contributed by atoms with E-state index in [0.29, 0.717) is 11.7 Å². The van der Waals surface area contributed by atoms with Crippen LogP contribution in [0.15, 0.2) is 59.1 Å². The van der Waals surface area contributed by atoms with Crippen molar-refractivity contribution in [2.45, 2.75) is 19.4 Å². The zero-order chi connectivity index (χ0) is 19.9. The zero-order valence-corrected chi connectivity index (χ0v) is 17.0. The molecular formula is C23H28N4O2. The van der Waals surface area contributed by atoms with Gasteiger partial charge in [-0.25, -0.2) is 0 Å². The van der Waals surface area contributed by atoms with Crippen molar-refractivity contribution in [3.8, 4) is 17.1 Å². The summed E-state index contributed by atoms with van der Waals surface area (Å²) in [7, 11) is 2.19. The van der Waals surface area contributed by atoms with Crippen LogP contribution < -0.4 is 4.74 Å². The number of ether oxygens (including phenoxy) is 1. The maximum Gasteiger partial charge on any atom is 0.264 e. The van der Waals surface area contributed by atoms with E-state index in [1.54, 1.807) is 0 Å². The number of benzene rings is 2. The maximum atomic E-state index is 5.68. The minimum absolute atomic E-state index is 0.266. The molecule has 6 heteroatoms. The summed E-state index contributed by atoms with van der Waals surface area (Å²) in [5.41, 5.74) is 2.29. The Bertz CT molecular complexity index is 889. The number of piperazine rings is 1. The van der Waals surface area contributed by atoms with E-state index in [4.69, 9.17) is 9.26 Å². The van der Waals surface area contributed by atoms with Gasteiger partial charge in [-0.3, -0.25) is 0 Å². The highest BCUT2D eigenvalue weighted by Crippen LogP contribution is 2.19. The van der Waals surface area contributed by atoms with Crippen LogP contribution in [0.5, 0.6) is 5.75 Å². The van der Waals surface area contributed by atoms with E-state index >= 15 is 0 Å². The maximum absolute atomic E-state index is 5.68. The molecule has 1 fully saturated rings. The van der Waals surface area contributed by atoms with Gasteiger partial charge >= 0.3 is 0 Å². The van der Waals surface area contributed by atoms with Gasteiger partial charge in [0, 0.05) is 31.7 Å². The fourth-order valence-electron chi connectivity index (χ4n) is 3.54. The predicted octanol–water partition coefficient (Wildman–Crippen LogP) is 3.50. The first-order valence-corrected chi connectivity index (χ1v) is 10.3. The van der Waals surface area contributed by atoms with Crippen LogP contribution in [0.1, 0.15) is 17.9 Å². The molecule has 152 valence electrons. The second-order valence-corrected chi connectivity index (χ2v) is 7.56. The van der Waals surface area contributed by atoms with Crippen LogP contribution in [0.2, 0.25) is 0 Å². The number of nitrogens with zero attached hydrogens (tertiary/aromatic N) is 4. The van der Waals surface area contributed by atoms with Crippen molar-refractivity contribution < 1.29 is 9.26 Å². The van der Waals surface area contributed by atoms with Gasteiger partial charge in [0.05, 0.1) is 0 Å². The van der Waals surface area contributed by atoms with E-state index in [1.165, 1.54) is 31.7 Å². The van der Waals surface area contributed by atoms with Gasteiger partial charge in [0.15, 0.2) is 6.61 Å². The van der Waals surface area contributed by atoms with Crippen LogP contribution in [0.3, 0.4) is 0 Å². The van der Waals surface area contributed by atoms with Crippen LogP contribution >= 0.6 is 0 Å². The molecule has 1 aliphatic rings. The molecule has 4 rings (SSSR count). The van der Waals surface area contributed by atoms with Gasteiger partial charge in [0.2, 0.25) is 5.82 Å². The molecular weight excluding hydrogens is 364 g/mol. The molecule has 1 aliphatic heterocycles. The number of aromatic nitrogens is 2. The van der Waals surface area contributed by atoms with Gasteiger partial charge in [-0.2, -0.15) is 4.98 Å². The average molecular weight is 393 g/mol. The van der Waals surface area contributed by atoms with E-state index in [0.717, 1.165) is 30.7 Å². The summed E-state index contributed by atoms with van der Waals surface area (Å²) in [6, 6.07) is 18.1. The molecule has 0 atom stereocenters. The molecule has 6 nitrogen and oxygen atoms in total. The van der Waals surface area contributed by atoms with Crippen molar-refractivity contribution >= 4 is 0 Å². The first-order valence-electron chi connectivity index (χ1n) is 10.3. The normalized spacial score (nSPS) is 15.5. The van der Waals surface area contributed by atoms with Crippen molar-refractivity contribution in [2.24, 2.45) is 0 Å². The third-order valence-electron chi connectivity index (χ3n) is 5.29. The Morgan fingerprint density at radius 2 is 1.83 bits per heavy atom. The standard InChI is InChI=1S/C23H28N4O2/c1-26-13-15-27(16-14-26)12-6-8-19-7-5-9-20(17-19)23-24-22(29-25-23)18-28-21-10-3-2-4-11-21/h2-5,7,9-11,17H,6,8,12-16,18H2,1H3. The van der Waals surface area contributed by atoms with E-state index < -0.39 is 0 Å². The lowest BCUT2D eigenvalue weighted by Gasteiger charge is -2.32. The summed E-state index contributed by atoms with van der Waals surface area (Å²) in [4.78, 5) is 9.43. The Labute approximate surface area is 172 Å². The molecule has 0 saturated carbocycles. The average Bonchev–Trinajstić information content (AvgIpc) is 3.24. The van der Waals surface area contributed by atoms with Gasteiger partial charge in [0.1, 0.15) is 5.75 Å². The SMILES string of the molecule is CN1CCN(CCCc2cccc(-c3noc(COc4ccccc4)n3)c2)CC1. The largest absolute Gasteiger partial charge is 0.484 e. The first-order chi connectivity index (χ1) is 14.3. The number of likely N-dealkylation sites (N-methyl/N-ethyl adjacent to an activating group) is 1. The Hall–Kier alpha value is -2.70. The topological polar surface area (TPSA) is 54.6 Å². The zero-order valence-electron chi connectivity index (χ0n) is 17.0. The highest BCUT2D eigenvalue weighted by molar-refractivity contribution is 5.55. The molecule has 0 aliphatic carbocycles. The lowest BCUT2D eigenvalue weighted by molar-refractivity contribution is 0.153. The van der Waals surface area contributed by atoms with Gasteiger partial charge < -0.3 is 19.1 Å². The summed E-state index contributed by atoms with van der Waals surface area (Å²) in [5, 5.41) is 4.12. The highest BCUT2D eigenvalue weighted by Gasteiger charge is 2.13. The molecule has 0 N–H and O–H groups in total. The number of para-hydroxylation sites is 1. The number of rotatable bonds is 8. The third-order valence-corrected chi connectivity index (χ3v) is 5.29. The van der Waals surface area contributed by atoms with Crippen LogP contribution in [0.25, 0.3) is 11.4 Å². The van der Waals surface area contributed by atoms with E-state index in [-0.39, 0.29) is 6.61 Å². The molecule has 3 aromatic rings. The quantitative estimate of drug-likeness (QED) is 0.585. The van der Waals surface area contributed by atoms with Crippen LogP contribution in [-0.2, 0) is 13.0 Å². The summed E-state index contributed by atoms with van der Waals surface area (Å²) >= 11 is 0. The van der Waals surface area contributed by atoms with Crippen molar-refractivity contribution in [2.75, 3.05) is 39.8 Å². The molecule has 0 unspecified atom stereocenters. The molecule has 1 saturated heterocycles. The van der Waals surface area contributed by atoms with E-state index in [2.05, 4.69) is 45.2 Å². The fourth-order valence-corrected chi connectivity index (χ4v) is 3.54. The highest BCUT2D eigenvalue weighted by atomic mass is 16.5. The minimum Gasteiger partial charge on any atom is -0.484 e. The van der Waals surface area contributed by atoms with Crippen LogP contribution in [0, 0.1) is 0 Å². The molecule has 0 radical (unpaired) electrons. The summed E-state index contributed by atoms with van der Waals surface area (Å²) < 4.78 is 11.0. The van der Waals surface area contributed by atoms with Gasteiger partial charge in [-0.15, -0.1) is 0 Å². The predicted molar refractivity (Wildman–Crippen MR) is 113 cm³/mol.